The fraction of sp³-hybridized carbons (Fsp3) is 0.429. The van der Waals surface area contributed by atoms with E-state index in [1.54, 1.807) is 12.1 Å². The third kappa shape index (κ3) is 2.36. The van der Waals surface area contributed by atoms with E-state index in [1.165, 1.54) is 6.07 Å². The Bertz CT molecular complexity index is 552. The molecule has 0 aromatic heterocycles. The summed E-state index contributed by atoms with van der Waals surface area (Å²) in [6.45, 7) is 7.67. The predicted octanol–water partition coefficient (Wildman–Crippen LogP) is 0.897. The Morgan fingerprint density at radius 1 is 1.20 bits per heavy atom. The van der Waals surface area contributed by atoms with Gasteiger partial charge in [0.2, 0.25) is 5.91 Å². The number of benzene rings is 1. The minimum Gasteiger partial charge on any atom is -0.399 e. The predicted molar refractivity (Wildman–Crippen MR) is 76.1 cm³/mol. The van der Waals surface area contributed by atoms with E-state index in [9.17, 15) is 9.59 Å². The highest BCUT2D eigenvalue weighted by molar-refractivity contribution is 6.63. The summed E-state index contributed by atoms with van der Waals surface area (Å²) in [6, 6.07) is 4.64. The van der Waals surface area contributed by atoms with Crippen molar-refractivity contribution in [1.29, 1.82) is 0 Å². The second-order valence-corrected chi connectivity index (χ2v) is 5.92. The van der Waals surface area contributed by atoms with Gasteiger partial charge in [0.1, 0.15) is 6.29 Å². The van der Waals surface area contributed by atoms with Gasteiger partial charge >= 0.3 is 7.12 Å². The quantitative estimate of drug-likeness (QED) is 0.656. The maximum atomic E-state index is 11.5. The molecule has 2 rings (SSSR count). The lowest BCUT2D eigenvalue weighted by molar-refractivity contribution is 0.00578. The molecule has 1 amide bonds. The first-order valence-electron chi connectivity index (χ1n) is 6.42. The number of carbonyl (C=O) groups excluding carboxylic acids is 2. The molecule has 0 unspecified atom stereocenters. The fourth-order valence-electron chi connectivity index (χ4n) is 2.04. The van der Waals surface area contributed by atoms with Crippen LogP contribution >= 0.6 is 0 Å². The number of hydrogen-bond acceptors (Lipinski definition) is 4. The number of carbonyl (C=O) groups is 2. The number of rotatable bonds is 3. The summed E-state index contributed by atoms with van der Waals surface area (Å²) >= 11 is 0. The van der Waals surface area contributed by atoms with Crippen LogP contribution in [0.1, 0.15) is 48.4 Å². The van der Waals surface area contributed by atoms with Gasteiger partial charge in [-0.25, -0.2) is 0 Å². The molecule has 1 heterocycles. The van der Waals surface area contributed by atoms with E-state index >= 15 is 0 Å². The van der Waals surface area contributed by atoms with Crippen molar-refractivity contribution in [2.24, 2.45) is 5.73 Å². The highest BCUT2D eigenvalue weighted by Gasteiger charge is 2.52. The molecule has 1 aromatic rings. The zero-order chi connectivity index (χ0) is 15.1. The maximum absolute atomic E-state index is 11.5. The van der Waals surface area contributed by atoms with Gasteiger partial charge in [0.05, 0.1) is 11.2 Å². The molecule has 2 N–H and O–H groups in total. The summed E-state index contributed by atoms with van der Waals surface area (Å²) in [5, 5.41) is 0. The molecule has 1 fully saturated rings. The molecule has 1 aromatic carbocycles. The zero-order valence-corrected chi connectivity index (χ0v) is 12.1. The van der Waals surface area contributed by atoms with E-state index in [1.807, 2.05) is 27.7 Å². The van der Waals surface area contributed by atoms with Crippen LogP contribution in [-0.4, -0.2) is 30.5 Å². The molecule has 20 heavy (non-hydrogen) atoms. The lowest BCUT2D eigenvalue weighted by Crippen LogP contribution is -2.41. The van der Waals surface area contributed by atoms with Crippen LogP contribution in [0.4, 0.5) is 0 Å². The average molecular weight is 275 g/mol. The van der Waals surface area contributed by atoms with Crippen LogP contribution in [0.25, 0.3) is 0 Å². The number of aldehydes is 1. The van der Waals surface area contributed by atoms with Gasteiger partial charge in [-0.2, -0.15) is 0 Å². The van der Waals surface area contributed by atoms with Gasteiger partial charge < -0.3 is 15.0 Å². The Hall–Kier alpha value is -1.66. The standard InChI is InChI=1S/C14H18BNO4/c1-13(2)14(3,4)20-15(19-13)11-7-9(8-17)5-6-10(11)12(16)18/h5-8H,1-4H3,(H2,16,18). The van der Waals surface area contributed by atoms with Crippen molar-refractivity contribution in [1.82, 2.24) is 0 Å². The van der Waals surface area contributed by atoms with Crippen molar-refractivity contribution in [2.75, 3.05) is 0 Å². The summed E-state index contributed by atoms with van der Waals surface area (Å²) in [5.41, 5.74) is 5.55. The van der Waals surface area contributed by atoms with Crippen molar-refractivity contribution in [3.63, 3.8) is 0 Å². The normalized spacial score (nSPS) is 19.9. The first kappa shape index (κ1) is 14.7. The molecule has 0 radical (unpaired) electrons. The van der Waals surface area contributed by atoms with Crippen LogP contribution < -0.4 is 11.2 Å². The largest absolute Gasteiger partial charge is 0.495 e. The molecule has 1 saturated heterocycles. The highest BCUT2D eigenvalue weighted by Crippen LogP contribution is 2.36. The van der Waals surface area contributed by atoms with Crippen molar-refractivity contribution in [2.45, 2.75) is 38.9 Å². The summed E-state index contributed by atoms with van der Waals surface area (Å²) in [4.78, 5) is 22.4. The Balaban J connectivity index is 2.48. The van der Waals surface area contributed by atoms with E-state index < -0.39 is 24.2 Å². The van der Waals surface area contributed by atoms with Gasteiger partial charge in [-0.15, -0.1) is 0 Å². The molecule has 0 atom stereocenters. The first-order chi connectivity index (χ1) is 9.18. The van der Waals surface area contributed by atoms with E-state index in [4.69, 9.17) is 15.0 Å². The third-order valence-electron chi connectivity index (χ3n) is 3.98. The summed E-state index contributed by atoms with van der Waals surface area (Å²) in [6.07, 6.45) is 0.708. The van der Waals surface area contributed by atoms with E-state index in [-0.39, 0.29) is 0 Å². The second-order valence-electron chi connectivity index (χ2n) is 5.92. The first-order valence-corrected chi connectivity index (χ1v) is 6.42. The molecular weight excluding hydrogens is 257 g/mol. The molecule has 0 spiro atoms. The SMILES string of the molecule is CC1(C)OB(c2cc(C=O)ccc2C(N)=O)OC1(C)C. The molecule has 106 valence electrons. The fourth-order valence-corrected chi connectivity index (χ4v) is 2.04. The van der Waals surface area contributed by atoms with Crippen LogP contribution in [0.3, 0.4) is 0 Å². The molecule has 1 aliphatic heterocycles. The van der Waals surface area contributed by atoms with E-state index in [2.05, 4.69) is 0 Å². The monoisotopic (exact) mass is 275 g/mol. The van der Waals surface area contributed by atoms with Gasteiger partial charge in [-0.05, 0) is 39.2 Å². The highest BCUT2D eigenvalue weighted by atomic mass is 16.7. The lowest BCUT2D eigenvalue weighted by atomic mass is 9.75. The average Bonchev–Trinajstić information content (AvgIpc) is 2.57. The maximum Gasteiger partial charge on any atom is 0.495 e. The molecule has 6 heteroatoms. The molecule has 1 aliphatic rings. The Labute approximate surface area is 118 Å². The number of primary amides is 1. The van der Waals surface area contributed by atoms with Crippen molar-refractivity contribution in [3.05, 3.63) is 29.3 Å². The smallest absolute Gasteiger partial charge is 0.399 e. The lowest BCUT2D eigenvalue weighted by Gasteiger charge is -2.32. The molecule has 0 saturated carbocycles. The molecular formula is C14H18BNO4. The van der Waals surface area contributed by atoms with Crippen LogP contribution in [0.2, 0.25) is 0 Å². The van der Waals surface area contributed by atoms with Gasteiger partial charge in [-0.3, -0.25) is 9.59 Å². The van der Waals surface area contributed by atoms with E-state index in [0.717, 1.165) is 0 Å². The van der Waals surface area contributed by atoms with E-state index in [0.29, 0.717) is 22.9 Å². The van der Waals surface area contributed by atoms with Gasteiger partial charge in [0.15, 0.2) is 0 Å². The number of amides is 1. The Morgan fingerprint density at radius 3 is 2.20 bits per heavy atom. The second kappa shape index (κ2) is 4.72. The topological polar surface area (TPSA) is 78.6 Å². The van der Waals surface area contributed by atoms with Gasteiger partial charge in [-0.1, -0.05) is 12.1 Å². The van der Waals surface area contributed by atoms with Crippen LogP contribution in [-0.2, 0) is 9.31 Å². The van der Waals surface area contributed by atoms with Gasteiger partial charge in [0, 0.05) is 11.1 Å². The van der Waals surface area contributed by atoms with Crippen molar-refractivity contribution >= 4 is 24.8 Å². The summed E-state index contributed by atoms with van der Waals surface area (Å²) in [7, 11) is -0.720. The number of hydrogen-bond donors (Lipinski definition) is 1. The zero-order valence-electron chi connectivity index (χ0n) is 12.1. The van der Waals surface area contributed by atoms with Crippen LogP contribution in [0.5, 0.6) is 0 Å². The Kier molecular flexibility index (Phi) is 3.48. The minimum absolute atomic E-state index is 0.300. The molecule has 0 aliphatic carbocycles. The summed E-state index contributed by atoms with van der Waals surface area (Å²) < 4.78 is 11.8. The summed E-state index contributed by atoms with van der Waals surface area (Å²) in [5.74, 6) is -0.577. The minimum atomic E-state index is -0.720. The van der Waals surface area contributed by atoms with Crippen molar-refractivity contribution in [3.8, 4) is 0 Å². The molecule has 5 nitrogen and oxygen atoms in total. The molecule has 0 bridgehead atoms. The number of nitrogens with two attached hydrogens (primary N) is 1. The van der Waals surface area contributed by atoms with Crippen molar-refractivity contribution < 1.29 is 18.9 Å². The van der Waals surface area contributed by atoms with Gasteiger partial charge in [0.25, 0.3) is 0 Å². The van der Waals surface area contributed by atoms with Crippen LogP contribution in [0.15, 0.2) is 18.2 Å². The third-order valence-corrected chi connectivity index (χ3v) is 3.98. The van der Waals surface area contributed by atoms with Crippen LogP contribution in [0, 0.1) is 0 Å². The Morgan fingerprint density at radius 2 is 1.75 bits per heavy atom.